The van der Waals surface area contributed by atoms with E-state index >= 15 is 0 Å². The molecule has 0 aliphatic carbocycles. The van der Waals surface area contributed by atoms with Gasteiger partial charge >= 0.3 is 0 Å². The van der Waals surface area contributed by atoms with E-state index in [0.717, 1.165) is 11.3 Å². The van der Waals surface area contributed by atoms with Gasteiger partial charge in [-0.05, 0) is 30.5 Å². The molecule has 0 unspecified atom stereocenters. The molecule has 3 rings (SSSR count). The third kappa shape index (κ3) is 3.28. The number of nitrogens with one attached hydrogen (secondary N) is 1. The van der Waals surface area contributed by atoms with Crippen LogP contribution in [0.5, 0.6) is 0 Å². The molecule has 8 heteroatoms. The van der Waals surface area contributed by atoms with Gasteiger partial charge < -0.3 is 16.8 Å². The van der Waals surface area contributed by atoms with Crippen molar-refractivity contribution in [2.75, 3.05) is 16.8 Å². The molecule has 0 bridgehead atoms. The van der Waals surface area contributed by atoms with Crippen molar-refractivity contribution in [1.29, 1.82) is 5.26 Å². The first-order valence-corrected chi connectivity index (χ1v) is 9.40. The molecule has 0 saturated carbocycles. The summed E-state index contributed by atoms with van der Waals surface area (Å²) in [4.78, 5) is 29.4. The van der Waals surface area contributed by atoms with Crippen molar-refractivity contribution < 1.29 is 9.59 Å². The fourth-order valence-corrected chi connectivity index (χ4v) is 4.08. The van der Waals surface area contributed by atoms with Gasteiger partial charge in [0.15, 0.2) is 5.78 Å². The van der Waals surface area contributed by atoms with Crippen LogP contribution in [-0.4, -0.2) is 16.7 Å². The average Bonchev–Trinajstić information content (AvgIpc) is 2.96. The summed E-state index contributed by atoms with van der Waals surface area (Å²) in [5.41, 5.74) is 14.5. The van der Waals surface area contributed by atoms with Crippen LogP contribution in [0.25, 0.3) is 10.2 Å². The maximum atomic E-state index is 12.8. The molecular formula is C20H19N5O2S. The van der Waals surface area contributed by atoms with Gasteiger partial charge in [0.25, 0.3) is 5.91 Å². The van der Waals surface area contributed by atoms with Crippen LogP contribution in [0.4, 0.5) is 17.2 Å². The second-order valence-corrected chi connectivity index (χ2v) is 7.67. The molecule has 0 aliphatic heterocycles. The summed E-state index contributed by atoms with van der Waals surface area (Å²) in [5, 5.41) is 12.8. The number of amides is 1. The van der Waals surface area contributed by atoms with Crippen LogP contribution in [0.3, 0.4) is 0 Å². The molecule has 2 heterocycles. The number of nitriles is 1. The van der Waals surface area contributed by atoms with Gasteiger partial charge in [0.05, 0.1) is 11.3 Å². The van der Waals surface area contributed by atoms with Crippen molar-refractivity contribution in [3.05, 3.63) is 45.8 Å². The summed E-state index contributed by atoms with van der Waals surface area (Å²) < 4.78 is 0. The van der Waals surface area contributed by atoms with E-state index in [1.165, 1.54) is 6.92 Å². The number of pyridine rings is 1. The van der Waals surface area contributed by atoms with E-state index in [4.69, 9.17) is 11.5 Å². The fraction of sp³-hybridized carbons (Fsp3) is 0.200. The summed E-state index contributed by atoms with van der Waals surface area (Å²) in [6.45, 7) is 5.32. The lowest BCUT2D eigenvalue weighted by Crippen LogP contribution is -2.12. The minimum atomic E-state index is -0.409. The number of anilines is 3. The zero-order valence-electron chi connectivity index (χ0n) is 15.7. The number of hydrogen-bond donors (Lipinski definition) is 3. The fourth-order valence-electron chi connectivity index (χ4n) is 3.07. The van der Waals surface area contributed by atoms with Crippen molar-refractivity contribution in [1.82, 2.24) is 4.98 Å². The molecule has 0 fully saturated rings. The van der Waals surface area contributed by atoms with Gasteiger partial charge in [-0.25, -0.2) is 4.98 Å². The molecule has 0 atom stereocenters. The summed E-state index contributed by atoms with van der Waals surface area (Å²) >= 11 is 1.12. The van der Waals surface area contributed by atoms with Gasteiger partial charge in [0.1, 0.15) is 21.6 Å². The highest BCUT2D eigenvalue weighted by Gasteiger charge is 2.24. The number of nitrogens with two attached hydrogens (primary N) is 2. The molecule has 1 amide bonds. The lowest BCUT2D eigenvalue weighted by Gasteiger charge is -2.12. The Balaban J connectivity index is 2.09. The Bertz CT molecular complexity index is 1160. The SMILES string of the molecule is CC(=O)c1cccc(NC(=O)c2sc3nc(N)c(C#N)c(C(C)C)c3c2N)c1. The van der Waals surface area contributed by atoms with E-state index in [0.29, 0.717) is 27.0 Å². The Hall–Kier alpha value is -3.44. The van der Waals surface area contributed by atoms with Crippen molar-refractivity contribution in [2.24, 2.45) is 0 Å². The van der Waals surface area contributed by atoms with Crippen LogP contribution >= 0.6 is 11.3 Å². The van der Waals surface area contributed by atoms with Crippen molar-refractivity contribution >= 4 is 50.4 Å². The first-order chi connectivity index (χ1) is 13.2. The molecule has 1 aromatic carbocycles. The van der Waals surface area contributed by atoms with Gasteiger partial charge in [-0.1, -0.05) is 26.0 Å². The second kappa shape index (κ2) is 7.29. The summed E-state index contributed by atoms with van der Waals surface area (Å²) in [5.74, 6) is -0.403. The molecule has 142 valence electrons. The minimum Gasteiger partial charge on any atom is -0.397 e. The smallest absolute Gasteiger partial charge is 0.267 e. The Kier molecular flexibility index (Phi) is 5.03. The standard InChI is InChI=1S/C20H19N5O2S/c1-9(2)14-13(8-21)18(23)25-20-15(14)16(22)17(28-20)19(27)24-12-6-4-5-11(7-12)10(3)26/h4-7,9H,22H2,1-3H3,(H2,23,25)(H,24,27). The predicted octanol–water partition coefficient (Wildman–Crippen LogP) is 3.91. The molecule has 5 N–H and O–H groups in total. The Morgan fingerprint density at radius 3 is 2.61 bits per heavy atom. The number of thiophene rings is 1. The Morgan fingerprint density at radius 1 is 1.29 bits per heavy atom. The molecule has 28 heavy (non-hydrogen) atoms. The van der Waals surface area contributed by atoms with Crippen LogP contribution in [0.2, 0.25) is 0 Å². The summed E-state index contributed by atoms with van der Waals surface area (Å²) in [7, 11) is 0. The highest BCUT2D eigenvalue weighted by atomic mass is 32.1. The first-order valence-electron chi connectivity index (χ1n) is 8.58. The number of carbonyl (C=O) groups excluding carboxylic acids is 2. The topological polar surface area (TPSA) is 135 Å². The maximum Gasteiger partial charge on any atom is 0.267 e. The quantitative estimate of drug-likeness (QED) is 0.575. The average molecular weight is 393 g/mol. The van der Waals surface area contributed by atoms with Crippen LogP contribution < -0.4 is 16.8 Å². The lowest BCUT2D eigenvalue weighted by atomic mass is 9.95. The monoisotopic (exact) mass is 393 g/mol. The number of hydrogen-bond acceptors (Lipinski definition) is 7. The van der Waals surface area contributed by atoms with E-state index in [2.05, 4.69) is 16.4 Å². The molecule has 3 aromatic rings. The second-order valence-electron chi connectivity index (χ2n) is 6.67. The number of aromatic nitrogens is 1. The summed E-state index contributed by atoms with van der Waals surface area (Å²) in [6.07, 6.45) is 0. The normalized spacial score (nSPS) is 10.8. The van der Waals surface area contributed by atoms with Crippen molar-refractivity contribution in [3.63, 3.8) is 0 Å². The van der Waals surface area contributed by atoms with Crippen LogP contribution in [0.1, 0.15) is 57.8 Å². The number of nitrogen functional groups attached to an aromatic ring is 2. The number of ketones is 1. The highest BCUT2D eigenvalue weighted by molar-refractivity contribution is 7.21. The van der Waals surface area contributed by atoms with E-state index in [9.17, 15) is 14.9 Å². The molecular weight excluding hydrogens is 374 g/mol. The van der Waals surface area contributed by atoms with E-state index in [1.54, 1.807) is 24.3 Å². The van der Waals surface area contributed by atoms with Crippen LogP contribution in [0.15, 0.2) is 24.3 Å². The van der Waals surface area contributed by atoms with Gasteiger partial charge in [0.2, 0.25) is 0 Å². The first kappa shape index (κ1) is 19.3. The Morgan fingerprint density at radius 2 is 2.00 bits per heavy atom. The number of nitrogens with zero attached hydrogens (tertiary/aromatic N) is 2. The number of carbonyl (C=O) groups is 2. The highest BCUT2D eigenvalue weighted by Crippen LogP contribution is 2.40. The Labute approximate surface area is 166 Å². The zero-order chi connectivity index (χ0) is 20.6. The molecule has 0 saturated heterocycles. The molecule has 0 spiro atoms. The van der Waals surface area contributed by atoms with Gasteiger partial charge in [-0.2, -0.15) is 5.26 Å². The zero-order valence-corrected chi connectivity index (χ0v) is 16.5. The van der Waals surface area contributed by atoms with Gasteiger partial charge in [-0.3, -0.25) is 9.59 Å². The van der Waals surface area contributed by atoms with E-state index < -0.39 is 5.91 Å². The maximum absolute atomic E-state index is 12.8. The number of benzene rings is 1. The van der Waals surface area contributed by atoms with Gasteiger partial charge in [-0.15, -0.1) is 11.3 Å². The number of rotatable bonds is 4. The van der Waals surface area contributed by atoms with E-state index in [-0.39, 0.29) is 33.6 Å². The van der Waals surface area contributed by atoms with Crippen molar-refractivity contribution in [2.45, 2.75) is 26.7 Å². The molecule has 2 aromatic heterocycles. The largest absolute Gasteiger partial charge is 0.397 e. The molecule has 0 aliphatic rings. The van der Waals surface area contributed by atoms with Gasteiger partial charge in [0, 0.05) is 16.6 Å². The number of Topliss-reactive ketones (excluding diaryl/α,β-unsaturated/α-hetero) is 1. The number of fused-ring (bicyclic) bond motifs is 1. The summed E-state index contributed by atoms with van der Waals surface area (Å²) in [6, 6.07) is 8.76. The van der Waals surface area contributed by atoms with Crippen molar-refractivity contribution in [3.8, 4) is 6.07 Å². The molecule has 0 radical (unpaired) electrons. The van der Waals surface area contributed by atoms with E-state index in [1.807, 2.05) is 13.8 Å². The predicted molar refractivity (Wildman–Crippen MR) is 112 cm³/mol. The third-order valence-electron chi connectivity index (χ3n) is 4.37. The van der Waals surface area contributed by atoms with Crippen LogP contribution in [-0.2, 0) is 0 Å². The minimum absolute atomic E-state index is 0.0255. The third-order valence-corrected chi connectivity index (χ3v) is 5.46. The molecule has 7 nitrogen and oxygen atoms in total. The van der Waals surface area contributed by atoms with Crippen LogP contribution in [0, 0.1) is 11.3 Å². The lowest BCUT2D eigenvalue weighted by molar-refractivity contribution is 0.101.